The third kappa shape index (κ3) is 44.6. The normalized spacial score (nSPS) is 13.6. The summed E-state index contributed by atoms with van der Waals surface area (Å²) in [5.74, 6) is -2.37. The first-order valence-corrected chi connectivity index (χ1v) is 26.7. The number of rotatable bonds is 48. The molecule has 360 valence electrons. The van der Waals surface area contributed by atoms with Crippen molar-refractivity contribution in [2.75, 3.05) is 19.8 Å². The van der Waals surface area contributed by atoms with Crippen LogP contribution in [-0.2, 0) is 37.5 Å². The second-order valence-electron chi connectivity index (χ2n) is 17.3. The van der Waals surface area contributed by atoms with Gasteiger partial charge in [-0.3, -0.25) is 23.4 Å². The highest BCUT2D eigenvalue weighted by molar-refractivity contribution is 7.47. The number of carbonyl (C=O) groups is 3. The van der Waals surface area contributed by atoms with E-state index < -0.39 is 51.1 Å². The minimum Gasteiger partial charge on any atom is -0.480 e. The Morgan fingerprint density at radius 3 is 1.20 bits per heavy atom. The Morgan fingerprint density at radius 1 is 0.492 bits per heavy atom. The number of phosphoric acid groups is 1. The lowest BCUT2D eigenvalue weighted by atomic mass is 10.0. The number of phosphoric ester groups is 1. The van der Waals surface area contributed by atoms with E-state index in [0.29, 0.717) is 12.8 Å². The Balaban J connectivity index is 4.19. The second kappa shape index (κ2) is 44.8. The fraction of sp³-hybridized carbons (Fsp3) is 0.898. The number of aliphatic carboxylic acids is 1. The molecule has 0 heterocycles. The minimum atomic E-state index is -4.72. The Kier molecular flexibility index (Phi) is 43.5. The number of unbranched alkanes of at least 4 members (excludes halogenated alkanes) is 32. The molecule has 0 aliphatic carbocycles. The Bertz CT molecular complexity index is 1090. The molecule has 3 atom stereocenters. The van der Waals surface area contributed by atoms with Crippen LogP contribution in [0, 0.1) is 0 Å². The summed E-state index contributed by atoms with van der Waals surface area (Å²) in [5, 5.41) is 8.91. The van der Waals surface area contributed by atoms with E-state index in [0.717, 1.165) is 57.8 Å². The van der Waals surface area contributed by atoms with Crippen LogP contribution in [0.15, 0.2) is 12.2 Å². The van der Waals surface area contributed by atoms with E-state index >= 15 is 0 Å². The van der Waals surface area contributed by atoms with Crippen LogP contribution in [0.5, 0.6) is 0 Å². The maximum atomic E-state index is 12.7. The number of carbonyl (C=O) groups excluding carboxylic acids is 2. The summed E-state index contributed by atoms with van der Waals surface area (Å²) in [6.45, 7) is 2.84. The van der Waals surface area contributed by atoms with Crippen LogP contribution in [0.1, 0.15) is 251 Å². The van der Waals surface area contributed by atoms with Crippen LogP contribution in [0.4, 0.5) is 0 Å². The number of carboxylic acids is 1. The van der Waals surface area contributed by atoms with Gasteiger partial charge in [0.25, 0.3) is 0 Å². The van der Waals surface area contributed by atoms with Crippen molar-refractivity contribution < 1.29 is 47.5 Å². The number of nitrogens with two attached hydrogens (primary N) is 1. The molecule has 0 spiro atoms. The largest absolute Gasteiger partial charge is 0.480 e. The molecule has 11 nitrogen and oxygen atoms in total. The molecule has 0 aromatic heterocycles. The van der Waals surface area contributed by atoms with Gasteiger partial charge in [0.2, 0.25) is 0 Å². The van der Waals surface area contributed by atoms with Crippen molar-refractivity contribution >= 4 is 25.7 Å². The summed E-state index contributed by atoms with van der Waals surface area (Å²) in [4.78, 5) is 46.1. The summed E-state index contributed by atoms with van der Waals surface area (Å²) in [5.41, 5.74) is 5.35. The summed E-state index contributed by atoms with van der Waals surface area (Å²) in [6.07, 6.45) is 47.1. The van der Waals surface area contributed by atoms with Crippen LogP contribution in [0.3, 0.4) is 0 Å². The van der Waals surface area contributed by atoms with Gasteiger partial charge in [-0.2, -0.15) is 0 Å². The van der Waals surface area contributed by atoms with E-state index in [-0.39, 0.29) is 19.4 Å². The quantitative estimate of drug-likeness (QED) is 0.0230. The number of ether oxygens (including phenoxy) is 2. The predicted octanol–water partition coefficient (Wildman–Crippen LogP) is 14.0. The monoisotopic (exact) mass is 888 g/mol. The number of hydrogen-bond acceptors (Lipinski definition) is 9. The zero-order valence-electron chi connectivity index (χ0n) is 39.3. The standard InChI is InChI=1S/C49H94NO10P/c1-3-5-7-9-11-13-15-17-19-20-21-22-23-24-25-27-28-30-32-34-36-38-40-47(51)57-42-45(43-58-61(55,56)59-44-46(50)49(53)54)60-48(52)41-39-37-35-33-31-29-26-18-16-14-12-10-8-6-4-2/h18,26,45-46H,3-17,19-25,27-44,50H2,1-2H3,(H,53,54)(H,55,56)/b26-18+/t45-,46+/m0/s1. The maximum Gasteiger partial charge on any atom is 0.472 e. The van der Waals surface area contributed by atoms with E-state index in [1.54, 1.807) is 0 Å². The van der Waals surface area contributed by atoms with Gasteiger partial charge < -0.3 is 25.2 Å². The topological polar surface area (TPSA) is 172 Å². The van der Waals surface area contributed by atoms with Gasteiger partial charge in [0.15, 0.2) is 6.10 Å². The van der Waals surface area contributed by atoms with E-state index in [4.69, 9.17) is 24.8 Å². The number of allylic oxidation sites excluding steroid dienone is 2. The van der Waals surface area contributed by atoms with E-state index in [1.807, 2.05) is 0 Å². The lowest BCUT2D eigenvalue weighted by Gasteiger charge is -2.20. The lowest BCUT2D eigenvalue weighted by Crippen LogP contribution is -2.34. The van der Waals surface area contributed by atoms with Crippen LogP contribution in [0.2, 0.25) is 0 Å². The van der Waals surface area contributed by atoms with E-state index in [1.165, 1.54) is 154 Å². The molecule has 0 aromatic rings. The van der Waals surface area contributed by atoms with Gasteiger partial charge in [-0.15, -0.1) is 0 Å². The first-order chi connectivity index (χ1) is 29.6. The SMILES string of the molecule is CCCCCCCC/C=C/CCCCCCCC(=O)O[C@@H](COC(=O)CCCCCCCCCCCCCCCCCCCCCCCC)COP(=O)(O)OC[C@@H](N)C(=O)O. The molecule has 0 aromatic carbocycles. The first kappa shape index (κ1) is 59.2. The summed E-state index contributed by atoms with van der Waals surface area (Å²) < 4.78 is 32.8. The second-order valence-corrected chi connectivity index (χ2v) is 18.8. The van der Waals surface area contributed by atoms with E-state index in [9.17, 15) is 23.8 Å². The van der Waals surface area contributed by atoms with Crippen molar-refractivity contribution in [3.63, 3.8) is 0 Å². The average molecular weight is 888 g/mol. The molecule has 61 heavy (non-hydrogen) atoms. The van der Waals surface area contributed by atoms with Crippen LogP contribution in [0.25, 0.3) is 0 Å². The molecule has 0 amide bonds. The van der Waals surface area contributed by atoms with Crippen LogP contribution >= 0.6 is 7.82 Å². The molecule has 0 saturated carbocycles. The summed E-state index contributed by atoms with van der Waals surface area (Å²) in [7, 11) is -4.72. The van der Waals surface area contributed by atoms with Crippen molar-refractivity contribution in [3.05, 3.63) is 12.2 Å². The van der Waals surface area contributed by atoms with Crippen molar-refractivity contribution in [1.82, 2.24) is 0 Å². The number of hydrogen-bond donors (Lipinski definition) is 3. The Labute approximate surface area is 373 Å². The number of esters is 2. The van der Waals surface area contributed by atoms with Crippen molar-refractivity contribution in [1.29, 1.82) is 0 Å². The molecule has 0 bridgehead atoms. The van der Waals surface area contributed by atoms with Gasteiger partial charge in [-0.05, 0) is 38.5 Å². The highest BCUT2D eigenvalue weighted by Gasteiger charge is 2.28. The summed E-state index contributed by atoms with van der Waals surface area (Å²) >= 11 is 0. The van der Waals surface area contributed by atoms with Gasteiger partial charge in [0.1, 0.15) is 12.6 Å². The zero-order valence-corrected chi connectivity index (χ0v) is 40.2. The highest BCUT2D eigenvalue weighted by Crippen LogP contribution is 2.43. The van der Waals surface area contributed by atoms with Gasteiger partial charge in [0, 0.05) is 12.8 Å². The molecule has 0 rings (SSSR count). The molecule has 0 aliphatic heterocycles. The third-order valence-electron chi connectivity index (χ3n) is 11.3. The first-order valence-electron chi connectivity index (χ1n) is 25.2. The third-order valence-corrected chi connectivity index (χ3v) is 12.2. The minimum absolute atomic E-state index is 0.156. The maximum absolute atomic E-state index is 12.7. The van der Waals surface area contributed by atoms with Gasteiger partial charge >= 0.3 is 25.7 Å². The van der Waals surface area contributed by atoms with Crippen molar-refractivity contribution in [2.45, 2.75) is 264 Å². The zero-order chi connectivity index (χ0) is 44.9. The Hall–Kier alpha value is -1.78. The molecule has 0 radical (unpaired) electrons. The van der Waals surface area contributed by atoms with Crippen LogP contribution in [-0.4, -0.2) is 59.9 Å². The highest BCUT2D eigenvalue weighted by atomic mass is 31.2. The molecular formula is C49H94NO10P. The van der Waals surface area contributed by atoms with Gasteiger partial charge in [-0.1, -0.05) is 212 Å². The number of carboxylic acid groups (broad SMARTS) is 1. The fourth-order valence-corrected chi connectivity index (χ4v) is 8.08. The fourth-order valence-electron chi connectivity index (χ4n) is 7.30. The van der Waals surface area contributed by atoms with Crippen molar-refractivity contribution in [3.8, 4) is 0 Å². The van der Waals surface area contributed by atoms with Crippen LogP contribution < -0.4 is 5.73 Å². The molecule has 12 heteroatoms. The lowest BCUT2D eigenvalue weighted by molar-refractivity contribution is -0.161. The van der Waals surface area contributed by atoms with E-state index in [2.05, 4.69) is 30.5 Å². The predicted molar refractivity (Wildman–Crippen MR) is 249 cm³/mol. The van der Waals surface area contributed by atoms with Gasteiger partial charge in [0.05, 0.1) is 13.2 Å². The molecule has 0 aliphatic rings. The molecular weight excluding hydrogens is 794 g/mol. The molecule has 1 unspecified atom stereocenters. The summed E-state index contributed by atoms with van der Waals surface area (Å²) in [6, 6.07) is -1.52. The Morgan fingerprint density at radius 2 is 0.820 bits per heavy atom. The van der Waals surface area contributed by atoms with Crippen molar-refractivity contribution in [2.24, 2.45) is 5.73 Å². The molecule has 0 fully saturated rings. The smallest absolute Gasteiger partial charge is 0.472 e. The molecule has 0 saturated heterocycles. The van der Waals surface area contributed by atoms with Gasteiger partial charge in [-0.25, -0.2) is 4.57 Å². The molecule has 4 N–H and O–H groups in total. The average Bonchev–Trinajstić information content (AvgIpc) is 3.24.